The Balaban J connectivity index is 1.50. The van der Waals surface area contributed by atoms with Gasteiger partial charge in [-0.15, -0.1) is 0 Å². The Bertz CT molecular complexity index is 718. The fourth-order valence-electron chi connectivity index (χ4n) is 7.80. The summed E-state index contributed by atoms with van der Waals surface area (Å²) in [4.78, 5) is 0. The molecule has 31 heavy (non-hydrogen) atoms. The van der Waals surface area contributed by atoms with E-state index in [2.05, 4.69) is 39.0 Å². The molecule has 0 radical (unpaired) electrons. The Kier molecular flexibility index (Phi) is 6.29. The van der Waals surface area contributed by atoms with Crippen LogP contribution in [0.2, 0.25) is 0 Å². The number of fused-ring (bicyclic) bond motifs is 2. The molecule has 9 atom stereocenters. The van der Waals surface area contributed by atoms with Crippen LogP contribution in [0.3, 0.4) is 0 Å². The molecule has 0 aliphatic heterocycles. The number of aliphatic hydroxyl groups excluding tert-OH is 1. The molecule has 4 saturated carbocycles. The van der Waals surface area contributed by atoms with Crippen molar-refractivity contribution in [2.24, 2.45) is 40.4 Å². The van der Waals surface area contributed by atoms with Gasteiger partial charge in [-0.2, -0.15) is 0 Å². The summed E-state index contributed by atoms with van der Waals surface area (Å²) in [6.45, 7) is 10.8. The third-order valence-electron chi connectivity index (χ3n) is 10.1. The van der Waals surface area contributed by atoms with Crippen LogP contribution < -0.4 is 0 Å². The standard InChI is InChI=1S/C28H46O3/c1-18(9-10-19(2)26(3,4)30)23-11-12-24-20(8-7-13-27(23,24)5)14-25(31-6)28-16-21(28)15-22(29)17-28/h9-10,14,18-19,21-25,29-30H,7-8,11-13,15-17H2,1-6H3/b10-9+,20-14+/t18-,19+,21?,22?,23?,24+,25?,27?,28?/m1/s1. The lowest BCUT2D eigenvalue weighted by Gasteiger charge is -2.44. The first-order chi connectivity index (χ1) is 14.5. The molecule has 0 aromatic rings. The first-order valence-electron chi connectivity index (χ1n) is 12.8. The van der Waals surface area contributed by atoms with Gasteiger partial charge >= 0.3 is 0 Å². The van der Waals surface area contributed by atoms with Gasteiger partial charge in [0, 0.05) is 18.4 Å². The van der Waals surface area contributed by atoms with E-state index < -0.39 is 5.60 Å². The zero-order chi connectivity index (χ0) is 22.6. The number of allylic oxidation sites excluding steroid dienone is 2. The maximum Gasteiger partial charge on any atom is 0.0814 e. The summed E-state index contributed by atoms with van der Waals surface area (Å²) in [6.07, 6.45) is 16.7. The van der Waals surface area contributed by atoms with Gasteiger partial charge in [0.2, 0.25) is 0 Å². The summed E-state index contributed by atoms with van der Waals surface area (Å²) < 4.78 is 6.06. The smallest absolute Gasteiger partial charge is 0.0814 e. The molecule has 3 heteroatoms. The predicted molar refractivity (Wildman–Crippen MR) is 127 cm³/mol. The second-order valence-electron chi connectivity index (χ2n) is 12.4. The Morgan fingerprint density at radius 1 is 1.16 bits per heavy atom. The molecule has 0 saturated heterocycles. The van der Waals surface area contributed by atoms with Crippen LogP contribution in [0, 0.1) is 40.4 Å². The molecule has 4 aliphatic carbocycles. The normalized spacial score (nSPS) is 44.3. The Morgan fingerprint density at radius 3 is 2.52 bits per heavy atom. The van der Waals surface area contributed by atoms with Gasteiger partial charge in [-0.25, -0.2) is 0 Å². The van der Waals surface area contributed by atoms with E-state index in [-0.39, 0.29) is 23.5 Å². The highest BCUT2D eigenvalue weighted by atomic mass is 16.5. The van der Waals surface area contributed by atoms with Crippen LogP contribution in [0.15, 0.2) is 23.8 Å². The van der Waals surface area contributed by atoms with Crippen molar-refractivity contribution in [3.8, 4) is 0 Å². The Labute approximate surface area is 190 Å². The van der Waals surface area contributed by atoms with Gasteiger partial charge < -0.3 is 14.9 Å². The molecule has 2 N–H and O–H groups in total. The molecule has 4 aliphatic rings. The van der Waals surface area contributed by atoms with E-state index in [0.717, 1.165) is 12.8 Å². The molecule has 0 spiro atoms. The third kappa shape index (κ3) is 4.20. The van der Waals surface area contributed by atoms with Crippen LogP contribution in [0.4, 0.5) is 0 Å². The van der Waals surface area contributed by atoms with E-state index in [9.17, 15) is 10.2 Å². The molecule has 0 aromatic heterocycles. The largest absolute Gasteiger partial charge is 0.393 e. The van der Waals surface area contributed by atoms with E-state index in [1.807, 2.05) is 21.0 Å². The first kappa shape index (κ1) is 23.5. The minimum Gasteiger partial charge on any atom is -0.393 e. The van der Waals surface area contributed by atoms with Crippen LogP contribution in [-0.2, 0) is 4.74 Å². The van der Waals surface area contributed by atoms with Crippen molar-refractivity contribution in [3.63, 3.8) is 0 Å². The quantitative estimate of drug-likeness (QED) is 0.494. The van der Waals surface area contributed by atoms with Crippen LogP contribution in [0.25, 0.3) is 0 Å². The van der Waals surface area contributed by atoms with Gasteiger partial charge in [0.1, 0.15) is 0 Å². The minimum absolute atomic E-state index is 0.124. The summed E-state index contributed by atoms with van der Waals surface area (Å²) in [5.41, 5.74) is 1.56. The maximum atomic E-state index is 10.3. The lowest BCUT2D eigenvalue weighted by Crippen LogP contribution is -2.36. The van der Waals surface area contributed by atoms with E-state index in [1.54, 1.807) is 5.57 Å². The van der Waals surface area contributed by atoms with Crippen molar-refractivity contribution < 1.29 is 14.9 Å². The molecule has 4 fully saturated rings. The molecule has 3 nitrogen and oxygen atoms in total. The molecule has 176 valence electrons. The van der Waals surface area contributed by atoms with Crippen LogP contribution in [0.5, 0.6) is 0 Å². The Morgan fingerprint density at radius 2 is 1.90 bits per heavy atom. The molecular weight excluding hydrogens is 384 g/mol. The summed E-state index contributed by atoms with van der Waals surface area (Å²) >= 11 is 0. The van der Waals surface area contributed by atoms with Crippen molar-refractivity contribution in [3.05, 3.63) is 23.8 Å². The summed E-state index contributed by atoms with van der Waals surface area (Å²) in [6, 6.07) is 0. The highest BCUT2D eigenvalue weighted by Gasteiger charge is 2.64. The van der Waals surface area contributed by atoms with Gasteiger partial charge in [-0.3, -0.25) is 0 Å². The summed E-state index contributed by atoms with van der Waals surface area (Å²) in [5.74, 6) is 2.74. The van der Waals surface area contributed by atoms with E-state index >= 15 is 0 Å². The molecule has 6 unspecified atom stereocenters. The second-order valence-corrected chi connectivity index (χ2v) is 12.4. The lowest BCUT2D eigenvalue weighted by molar-refractivity contribution is 0.0435. The first-order valence-corrected chi connectivity index (χ1v) is 12.8. The molecule has 4 rings (SSSR count). The highest BCUT2D eigenvalue weighted by molar-refractivity contribution is 5.25. The van der Waals surface area contributed by atoms with E-state index in [0.29, 0.717) is 29.1 Å². The number of hydrogen-bond donors (Lipinski definition) is 2. The van der Waals surface area contributed by atoms with E-state index in [4.69, 9.17) is 4.74 Å². The maximum absolute atomic E-state index is 10.3. The summed E-state index contributed by atoms with van der Waals surface area (Å²) in [7, 11) is 1.87. The highest BCUT2D eigenvalue weighted by Crippen LogP contribution is 2.67. The van der Waals surface area contributed by atoms with Gasteiger partial charge in [-0.1, -0.05) is 44.6 Å². The second kappa shape index (κ2) is 8.29. The van der Waals surface area contributed by atoms with Gasteiger partial charge in [-0.05, 0) is 94.3 Å². The topological polar surface area (TPSA) is 49.7 Å². The molecular formula is C28H46O3. The average molecular weight is 431 g/mol. The lowest BCUT2D eigenvalue weighted by atomic mass is 9.61. The fourth-order valence-corrected chi connectivity index (χ4v) is 7.80. The minimum atomic E-state index is -0.665. The Hall–Kier alpha value is -0.640. The SMILES string of the molecule is COC(/C=C1\CCCC2(C)C([C@H](C)/C=C/[C@H](C)C(C)(C)O)CC[C@@H]12)C12CC(O)CC1C2. The van der Waals surface area contributed by atoms with Crippen LogP contribution in [-0.4, -0.2) is 35.1 Å². The van der Waals surface area contributed by atoms with Crippen molar-refractivity contribution in [2.45, 2.75) is 104 Å². The number of rotatable bonds is 7. The molecule has 0 heterocycles. The number of ether oxygens (including phenoxy) is 1. The van der Waals surface area contributed by atoms with Crippen LogP contribution >= 0.6 is 0 Å². The van der Waals surface area contributed by atoms with Gasteiger partial charge in [0.15, 0.2) is 0 Å². The van der Waals surface area contributed by atoms with Gasteiger partial charge in [0.05, 0.1) is 17.8 Å². The molecule has 0 aromatic carbocycles. The zero-order valence-electron chi connectivity index (χ0n) is 20.7. The average Bonchev–Trinajstić information content (AvgIpc) is 3.07. The van der Waals surface area contributed by atoms with Gasteiger partial charge in [0.25, 0.3) is 0 Å². The van der Waals surface area contributed by atoms with Crippen molar-refractivity contribution in [1.29, 1.82) is 0 Å². The van der Waals surface area contributed by atoms with E-state index in [1.165, 1.54) is 38.5 Å². The fraction of sp³-hybridized carbons (Fsp3) is 0.857. The van der Waals surface area contributed by atoms with Crippen molar-refractivity contribution in [1.82, 2.24) is 0 Å². The molecule has 0 amide bonds. The number of methoxy groups -OCH3 is 1. The van der Waals surface area contributed by atoms with Crippen LogP contribution in [0.1, 0.15) is 86.0 Å². The predicted octanol–water partition coefficient (Wildman–Crippen LogP) is 5.90. The number of hydrogen-bond acceptors (Lipinski definition) is 3. The zero-order valence-corrected chi connectivity index (χ0v) is 20.7. The molecule has 0 bridgehead atoms. The van der Waals surface area contributed by atoms with Crippen molar-refractivity contribution >= 4 is 0 Å². The summed E-state index contributed by atoms with van der Waals surface area (Å²) in [5, 5.41) is 20.5. The van der Waals surface area contributed by atoms with Crippen molar-refractivity contribution in [2.75, 3.05) is 7.11 Å². The number of aliphatic hydroxyl groups is 2. The third-order valence-corrected chi connectivity index (χ3v) is 10.1. The monoisotopic (exact) mass is 430 g/mol.